The van der Waals surface area contributed by atoms with Crippen LogP contribution in [-0.4, -0.2) is 22.6 Å². The zero-order valence-corrected chi connectivity index (χ0v) is 12.7. The van der Waals surface area contributed by atoms with E-state index in [0.717, 1.165) is 0 Å². The lowest BCUT2D eigenvalue weighted by Crippen LogP contribution is -2.53. The number of hydrogen-bond acceptors (Lipinski definition) is 2. The number of rotatable bonds is 5. The molecule has 1 unspecified atom stereocenters. The fourth-order valence-electron chi connectivity index (χ4n) is 1.72. The predicted octanol–water partition coefficient (Wildman–Crippen LogP) is 3.76. The summed E-state index contributed by atoms with van der Waals surface area (Å²) in [4.78, 5) is 23.1. The number of halogens is 2. The molecular formula is C13H16Cl2N2O3. The maximum absolute atomic E-state index is 11.9. The number of hydrogen-bond donors (Lipinski definition) is 3. The summed E-state index contributed by atoms with van der Waals surface area (Å²) >= 11 is 11.7. The Morgan fingerprint density at radius 3 is 2.55 bits per heavy atom. The number of anilines is 1. The van der Waals surface area contributed by atoms with Crippen molar-refractivity contribution in [1.29, 1.82) is 0 Å². The van der Waals surface area contributed by atoms with Gasteiger partial charge >= 0.3 is 12.0 Å². The van der Waals surface area contributed by atoms with Gasteiger partial charge in [-0.05, 0) is 31.5 Å². The van der Waals surface area contributed by atoms with Gasteiger partial charge in [-0.25, -0.2) is 9.59 Å². The lowest BCUT2D eigenvalue weighted by molar-refractivity contribution is -0.143. The Hall–Kier alpha value is -1.46. The van der Waals surface area contributed by atoms with Gasteiger partial charge < -0.3 is 15.7 Å². The fraction of sp³-hybridized carbons (Fsp3) is 0.385. The summed E-state index contributed by atoms with van der Waals surface area (Å²) in [6, 6.07) is 3.97. The molecule has 0 bridgehead atoms. The summed E-state index contributed by atoms with van der Waals surface area (Å²) in [5.41, 5.74) is -1.01. The molecule has 7 heteroatoms. The number of nitrogens with one attached hydrogen (secondary N) is 2. The first-order valence-electron chi connectivity index (χ1n) is 6.06. The number of carboxylic acids is 1. The van der Waals surface area contributed by atoms with Gasteiger partial charge in [0.05, 0.1) is 10.7 Å². The van der Waals surface area contributed by atoms with Crippen LogP contribution in [0.3, 0.4) is 0 Å². The predicted molar refractivity (Wildman–Crippen MR) is 79.6 cm³/mol. The minimum Gasteiger partial charge on any atom is -0.480 e. The summed E-state index contributed by atoms with van der Waals surface area (Å²) in [5.74, 6) is -1.09. The SMILES string of the molecule is CCCC(C)(NC(=O)Nc1cc(Cl)ccc1Cl)C(=O)O. The van der Waals surface area contributed by atoms with Crippen LogP contribution in [0.25, 0.3) is 0 Å². The molecule has 5 nitrogen and oxygen atoms in total. The molecule has 2 amide bonds. The number of carbonyl (C=O) groups is 2. The Bertz CT molecular complexity index is 522. The Balaban J connectivity index is 2.81. The highest BCUT2D eigenvalue weighted by molar-refractivity contribution is 6.35. The van der Waals surface area contributed by atoms with Crippen molar-refractivity contribution in [3.05, 3.63) is 28.2 Å². The molecule has 0 radical (unpaired) electrons. The molecule has 1 aromatic carbocycles. The molecule has 0 saturated heterocycles. The van der Waals surface area contributed by atoms with Gasteiger partial charge in [0.25, 0.3) is 0 Å². The third-order valence-electron chi connectivity index (χ3n) is 2.79. The van der Waals surface area contributed by atoms with Crippen LogP contribution < -0.4 is 10.6 Å². The van der Waals surface area contributed by atoms with Crippen molar-refractivity contribution in [2.24, 2.45) is 0 Å². The Labute approximate surface area is 127 Å². The highest BCUT2D eigenvalue weighted by Crippen LogP contribution is 2.25. The maximum atomic E-state index is 11.9. The average molecular weight is 319 g/mol. The first-order valence-corrected chi connectivity index (χ1v) is 6.81. The number of aliphatic carboxylic acids is 1. The van der Waals surface area contributed by atoms with E-state index in [0.29, 0.717) is 28.6 Å². The minimum absolute atomic E-state index is 0.317. The topological polar surface area (TPSA) is 78.4 Å². The van der Waals surface area contributed by atoms with E-state index in [4.69, 9.17) is 23.2 Å². The van der Waals surface area contributed by atoms with Crippen molar-refractivity contribution < 1.29 is 14.7 Å². The highest BCUT2D eigenvalue weighted by atomic mass is 35.5. The zero-order valence-electron chi connectivity index (χ0n) is 11.2. The number of benzene rings is 1. The van der Waals surface area contributed by atoms with Crippen LogP contribution in [0.1, 0.15) is 26.7 Å². The summed E-state index contributed by atoms with van der Waals surface area (Å²) < 4.78 is 0. The maximum Gasteiger partial charge on any atom is 0.329 e. The monoisotopic (exact) mass is 318 g/mol. The minimum atomic E-state index is -1.33. The molecule has 0 aromatic heterocycles. The van der Waals surface area contributed by atoms with Crippen LogP contribution in [0.5, 0.6) is 0 Å². The quantitative estimate of drug-likeness (QED) is 0.773. The lowest BCUT2D eigenvalue weighted by Gasteiger charge is -2.26. The van der Waals surface area contributed by atoms with Crippen LogP contribution in [0, 0.1) is 0 Å². The van der Waals surface area contributed by atoms with Gasteiger partial charge in [0.2, 0.25) is 0 Å². The lowest BCUT2D eigenvalue weighted by atomic mass is 9.97. The molecule has 3 N–H and O–H groups in total. The van der Waals surface area contributed by atoms with E-state index >= 15 is 0 Å². The van der Waals surface area contributed by atoms with Gasteiger partial charge in [0.15, 0.2) is 0 Å². The highest BCUT2D eigenvalue weighted by Gasteiger charge is 2.33. The molecule has 1 atom stereocenters. The van der Waals surface area contributed by atoms with E-state index in [2.05, 4.69) is 10.6 Å². The third kappa shape index (κ3) is 4.28. The molecule has 0 heterocycles. The summed E-state index contributed by atoms with van der Waals surface area (Å²) in [6.45, 7) is 3.30. The van der Waals surface area contributed by atoms with Gasteiger partial charge in [0, 0.05) is 5.02 Å². The van der Waals surface area contributed by atoms with E-state index in [1.165, 1.54) is 13.0 Å². The Kier molecular flexibility index (Phi) is 5.65. The molecule has 0 fully saturated rings. The van der Waals surface area contributed by atoms with E-state index in [1.807, 2.05) is 6.92 Å². The normalized spacial score (nSPS) is 13.4. The second kappa shape index (κ2) is 6.81. The van der Waals surface area contributed by atoms with Crippen molar-refractivity contribution in [3.63, 3.8) is 0 Å². The molecule has 0 spiro atoms. The van der Waals surface area contributed by atoms with Crippen LogP contribution in [-0.2, 0) is 4.79 Å². The van der Waals surface area contributed by atoms with Gasteiger partial charge in [-0.3, -0.25) is 0 Å². The first-order chi connectivity index (χ1) is 9.28. The average Bonchev–Trinajstić information content (AvgIpc) is 2.33. The molecule has 0 aliphatic heterocycles. The van der Waals surface area contributed by atoms with Crippen LogP contribution >= 0.6 is 23.2 Å². The number of carboxylic acid groups (broad SMARTS) is 1. The Morgan fingerprint density at radius 2 is 2.00 bits per heavy atom. The van der Waals surface area contributed by atoms with Gasteiger partial charge in [-0.1, -0.05) is 36.5 Å². The van der Waals surface area contributed by atoms with Crippen molar-refractivity contribution in [2.45, 2.75) is 32.2 Å². The van der Waals surface area contributed by atoms with Crippen LogP contribution in [0.15, 0.2) is 18.2 Å². The molecular weight excluding hydrogens is 303 g/mol. The molecule has 0 saturated carbocycles. The second-order valence-corrected chi connectivity index (χ2v) is 5.43. The summed E-state index contributed by atoms with van der Waals surface area (Å²) in [7, 11) is 0. The van der Waals surface area contributed by atoms with E-state index in [-0.39, 0.29) is 0 Å². The van der Waals surface area contributed by atoms with Crippen molar-refractivity contribution in [1.82, 2.24) is 5.32 Å². The van der Waals surface area contributed by atoms with E-state index in [9.17, 15) is 14.7 Å². The third-order valence-corrected chi connectivity index (χ3v) is 3.35. The molecule has 110 valence electrons. The molecule has 0 aliphatic carbocycles. The van der Waals surface area contributed by atoms with Gasteiger partial charge in [-0.15, -0.1) is 0 Å². The standard InChI is InChI=1S/C13H16Cl2N2O3/c1-3-6-13(2,11(18)19)17-12(20)16-10-7-8(14)4-5-9(10)15/h4-5,7H,3,6H2,1-2H3,(H,18,19)(H2,16,17,20). The van der Waals surface area contributed by atoms with Crippen molar-refractivity contribution in [2.75, 3.05) is 5.32 Å². The smallest absolute Gasteiger partial charge is 0.329 e. The molecule has 1 rings (SSSR count). The summed E-state index contributed by atoms with van der Waals surface area (Å²) in [5, 5.41) is 14.8. The van der Waals surface area contributed by atoms with Gasteiger partial charge in [0.1, 0.15) is 5.54 Å². The first kappa shape index (κ1) is 16.6. The van der Waals surface area contributed by atoms with Crippen molar-refractivity contribution in [3.8, 4) is 0 Å². The largest absolute Gasteiger partial charge is 0.480 e. The summed E-state index contributed by atoms with van der Waals surface area (Å²) in [6.07, 6.45) is 0.944. The Morgan fingerprint density at radius 1 is 1.35 bits per heavy atom. The fourth-order valence-corrected chi connectivity index (χ4v) is 2.06. The molecule has 20 heavy (non-hydrogen) atoms. The van der Waals surface area contributed by atoms with Crippen LogP contribution in [0.4, 0.5) is 10.5 Å². The number of carbonyl (C=O) groups excluding carboxylic acids is 1. The second-order valence-electron chi connectivity index (χ2n) is 4.59. The van der Waals surface area contributed by atoms with E-state index < -0.39 is 17.5 Å². The van der Waals surface area contributed by atoms with Crippen LogP contribution in [0.2, 0.25) is 10.0 Å². The zero-order chi connectivity index (χ0) is 15.3. The molecule has 1 aromatic rings. The van der Waals surface area contributed by atoms with Gasteiger partial charge in [-0.2, -0.15) is 0 Å². The molecule has 0 aliphatic rings. The number of amides is 2. The number of urea groups is 1. The van der Waals surface area contributed by atoms with Crippen molar-refractivity contribution >= 4 is 40.9 Å². The van der Waals surface area contributed by atoms with E-state index in [1.54, 1.807) is 12.1 Å².